The summed E-state index contributed by atoms with van der Waals surface area (Å²) in [7, 11) is -1.94. The van der Waals surface area contributed by atoms with E-state index in [0.717, 1.165) is 5.76 Å². The molecule has 0 aliphatic heterocycles. The van der Waals surface area contributed by atoms with Gasteiger partial charge in [-0.3, -0.25) is 9.69 Å². The van der Waals surface area contributed by atoms with Crippen LogP contribution < -0.4 is 10.0 Å². The van der Waals surface area contributed by atoms with Gasteiger partial charge < -0.3 is 14.2 Å². The molecule has 0 fully saturated rings. The Labute approximate surface area is 163 Å². The summed E-state index contributed by atoms with van der Waals surface area (Å²) in [5.74, 6) is 1.01. The fourth-order valence-corrected chi connectivity index (χ4v) is 3.61. The summed E-state index contributed by atoms with van der Waals surface area (Å²) in [6.07, 6.45) is 3.05. The predicted molar refractivity (Wildman–Crippen MR) is 103 cm³/mol. The van der Waals surface area contributed by atoms with Crippen LogP contribution in [-0.4, -0.2) is 32.8 Å². The van der Waals surface area contributed by atoms with Crippen LogP contribution in [0.25, 0.3) is 0 Å². The fraction of sp³-hybridized carbons (Fsp3) is 0.211. The SMILES string of the molecule is CN(CC(=O)Nc1cccc(S(=O)(=O)NCc2ccco2)c1)Cc1ccco1. The van der Waals surface area contributed by atoms with Gasteiger partial charge in [-0.25, -0.2) is 13.1 Å². The highest BCUT2D eigenvalue weighted by atomic mass is 32.2. The van der Waals surface area contributed by atoms with E-state index in [-0.39, 0.29) is 23.9 Å². The van der Waals surface area contributed by atoms with E-state index >= 15 is 0 Å². The van der Waals surface area contributed by atoms with Crippen LogP contribution in [0.4, 0.5) is 5.69 Å². The zero-order valence-electron chi connectivity index (χ0n) is 15.3. The average Bonchev–Trinajstić information content (AvgIpc) is 3.34. The smallest absolute Gasteiger partial charge is 0.241 e. The normalized spacial score (nSPS) is 11.6. The first-order valence-corrected chi connectivity index (χ1v) is 10.0. The van der Waals surface area contributed by atoms with E-state index in [1.165, 1.54) is 18.4 Å². The molecule has 1 amide bonds. The van der Waals surface area contributed by atoms with E-state index in [0.29, 0.717) is 18.0 Å². The molecule has 148 valence electrons. The van der Waals surface area contributed by atoms with Crippen molar-refractivity contribution < 1.29 is 22.0 Å². The zero-order valence-corrected chi connectivity index (χ0v) is 16.1. The summed E-state index contributed by atoms with van der Waals surface area (Å²) in [6, 6.07) is 13.1. The number of rotatable bonds is 9. The number of nitrogens with one attached hydrogen (secondary N) is 2. The maximum absolute atomic E-state index is 12.4. The Hall–Kier alpha value is -2.88. The molecule has 2 N–H and O–H groups in total. The maximum atomic E-state index is 12.4. The Kier molecular flexibility index (Phi) is 6.30. The Balaban J connectivity index is 1.58. The van der Waals surface area contributed by atoms with Crippen LogP contribution in [0.3, 0.4) is 0 Å². The second kappa shape index (κ2) is 8.87. The van der Waals surface area contributed by atoms with Crippen LogP contribution in [0.1, 0.15) is 11.5 Å². The number of amides is 1. The highest BCUT2D eigenvalue weighted by Gasteiger charge is 2.16. The number of anilines is 1. The lowest BCUT2D eigenvalue weighted by Crippen LogP contribution is -2.29. The van der Waals surface area contributed by atoms with Crippen molar-refractivity contribution in [3.8, 4) is 0 Å². The molecule has 0 atom stereocenters. The van der Waals surface area contributed by atoms with Crippen LogP contribution in [0.2, 0.25) is 0 Å². The number of nitrogens with zero attached hydrogens (tertiary/aromatic N) is 1. The Morgan fingerprint density at radius 3 is 2.43 bits per heavy atom. The van der Waals surface area contributed by atoms with Crippen molar-refractivity contribution in [1.82, 2.24) is 9.62 Å². The van der Waals surface area contributed by atoms with Gasteiger partial charge in [-0.05, 0) is 49.5 Å². The molecule has 2 heterocycles. The number of carbonyl (C=O) groups excluding carboxylic acids is 1. The van der Waals surface area contributed by atoms with Crippen molar-refractivity contribution in [1.29, 1.82) is 0 Å². The molecule has 3 aromatic rings. The number of furan rings is 2. The lowest BCUT2D eigenvalue weighted by atomic mass is 10.3. The molecule has 0 aliphatic rings. The molecular formula is C19H21N3O5S. The fourth-order valence-electron chi connectivity index (χ4n) is 2.57. The topological polar surface area (TPSA) is 105 Å². The summed E-state index contributed by atoms with van der Waals surface area (Å²) in [5, 5.41) is 2.71. The number of benzene rings is 1. The van der Waals surface area contributed by atoms with Gasteiger partial charge in [-0.2, -0.15) is 0 Å². The van der Waals surface area contributed by atoms with E-state index in [1.807, 2.05) is 6.07 Å². The van der Waals surface area contributed by atoms with E-state index in [1.54, 1.807) is 48.5 Å². The zero-order chi connectivity index (χ0) is 20.0. The number of sulfonamides is 1. The van der Waals surface area contributed by atoms with Crippen LogP contribution in [0, 0.1) is 0 Å². The summed E-state index contributed by atoms with van der Waals surface area (Å²) in [6.45, 7) is 0.670. The number of likely N-dealkylation sites (N-methyl/N-ethyl adjacent to an activating group) is 1. The van der Waals surface area contributed by atoms with Crippen LogP contribution in [0.5, 0.6) is 0 Å². The third-order valence-corrected chi connectivity index (χ3v) is 5.26. The minimum atomic E-state index is -3.74. The van der Waals surface area contributed by atoms with Crippen LogP contribution in [-0.2, 0) is 27.9 Å². The minimum Gasteiger partial charge on any atom is -0.468 e. The van der Waals surface area contributed by atoms with Crippen LogP contribution >= 0.6 is 0 Å². The lowest BCUT2D eigenvalue weighted by Gasteiger charge is -2.15. The van der Waals surface area contributed by atoms with Crippen molar-refractivity contribution in [2.24, 2.45) is 0 Å². The molecule has 0 spiro atoms. The van der Waals surface area contributed by atoms with Gasteiger partial charge in [-0.15, -0.1) is 0 Å². The highest BCUT2D eigenvalue weighted by molar-refractivity contribution is 7.89. The summed E-state index contributed by atoms with van der Waals surface area (Å²) in [4.78, 5) is 14.1. The van der Waals surface area contributed by atoms with E-state index in [2.05, 4.69) is 10.0 Å². The van der Waals surface area contributed by atoms with Crippen molar-refractivity contribution in [3.63, 3.8) is 0 Å². The summed E-state index contributed by atoms with van der Waals surface area (Å²) < 4.78 is 37.7. The molecule has 0 unspecified atom stereocenters. The summed E-state index contributed by atoms with van der Waals surface area (Å²) in [5.41, 5.74) is 0.400. The molecule has 2 aromatic heterocycles. The van der Waals surface area contributed by atoms with Gasteiger partial charge >= 0.3 is 0 Å². The second-order valence-corrected chi connectivity index (χ2v) is 8.00. The molecule has 0 radical (unpaired) electrons. The molecule has 0 saturated carbocycles. The van der Waals surface area contributed by atoms with Crippen molar-refractivity contribution in [3.05, 3.63) is 72.6 Å². The van der Waals surface area contributed by atoms with Gasteiger partial charge in [0.05, 0.1) is 37.1 Å². The minimum absolute atomic E-state index is 0.0451. The van der Waals surface area contributed by atoms with Gasteiger partial charge in [0.2, 0.25) is 15.9 Å². The first-order valence-electron chi connectivity index (χ1n) is 8.55. The van der Waals surface area contributed by atoms with Crippen molar-refractivity contribution in [2.75, 3.05) is 18.9 Å². The lowest BCUT2D eigenvalue weighted by molar-refractivity contribution is -0.117. The standard InChI is InChI=1S/C19H21N3O5S/c1-22(13-17-7-4-10-27-17)14-19(23)21-15-5-2-8-18(11-15)28(24,25)20-12-16-6-3-9-26-16/h2-11,20H,12-14H2,1H3,(H,21,23). The van der Waals surface area contributed by atoms with E-state index in [4.69, 9.17) is 8.83 Å². The Morgan fingerprint density at radius 1 is 1.04 bits per heavy atom. The van der Waals surface area contributed by atoms with Gasteiger partial charge in [-0.1, -0.05) is 6.07 Å². The molecule has 0 bridgehead atoms. The first kappa shape index (κ1) is 19.9. The number of hydrogen-bond donors (Lipinski definition) is 2. The quantitative estimate of drug-likeness (QED) is 0.569. The van der Waals surface area contributed by atoms with Gasteiger partial charge in [0.15, 0.2) is 0 Å². The predicted octanol–water partition coefficient (Wildman–Crippen LogP) is 2.42. The summed E-state index contributed by atoms with van der Waals surface area (Å²) >= 11 is 0. The third kappa shape index (κ3) is 5.56. The maximum Gasteiger partial charge on any atom is 0.241 e. The molecule has 0 aliphatic carbocycles. The second-order valence-electron chi connectivity index (χ2n) is 6.23. The van der Waals surface area contributed by atoms with Crippen molar-refractivity contribution in [2.45, 2.75) is 18.0 Å². The third-order valence-electron chi connectivity index (χ3n) is 3.86. The molecular weight excluding hydrogens is 382 g/mol. The Morgan fingerprint density at radius 2 is 1.75 bits per heavy atom. The van der Waals surface area contributed by atoms with E-state index in [9.17, 15) is 13.2 Å². The molecule has 9 heteroatoms. The Bertz CT molecular complexity index is 998. The monoisotopic (exact) mass is 403 g/mol. The first-order chi connectivity index (χ1) is 13.4. The highest BCUT2D eigenvalue weighted by Crippen LogP contribution is 2.16. The number of carbonyl (C=O) groups is 1. The average molecular weight is 403 g/mol. The largest absolute Gasteiger partial charge is 0.468 e. The molecule has 3 rings (SSSR count). The van der Waals surface area contributed by atoms with E-state index < -0.39 is 10.0 Å². The van der Waals surface area contributed by atoms with Crippen molar-refractivity contribution >= 4 is 21.6 Å². The molecule has 1 aromatic carbocycles. The number of hydrogen-bond acceptors (Lipinski definition) is 6. The van der Waals surface area contributed by atoms with Crippen LogP contribution in [0.15, 0.2) is 74.8 Å². The molecule has 8 nitrogen and oxygen atoms in total. The molecule has 0 saturated heterocycles. The van der Waals surface area contributed by atoms with Gasteiger partial charge in [0.25, 0.3) is 0 Å². The van der Waals surface area contributed by atoms with Gasteiger partial charge in [0.1, 0.15) is 11.5 Å². The molecule has 28 heavy (non-hydrogen) atoms. The van der Waals surface area contributed by atoms with Gasteiger partial charge in [0, 0.05) is 5.69 Å².